The first-order chi connectivity index (χ1) is 8.02. The summed E-state index contributed by atoms with van der Waals surface area (Å²) in [6.07, 6.45) is -0.488. The van der Waals surface area contributed by atoms with Gasteiger partial charge in [0.05, 0.1) is 5.56 Å². The molecule has 1 aromatic heterocycles. The van der Waals surface area contributed by atoms with Crippen molar-refractivity contribution in [2.75, 3.05) is 6.54 Å². The third-order valence-corrected chi connectivity index (χ3v) is 1.99. The molecule has 0 saturated carbocycles. The quantitative estimate of drug-likeness (QED) is 0.620. The smallest absolute Gasteiger partial charge is 0.332 e. The Morgan fingerprint density at radius 1 is 1.53 bits per heavy atom. The van der Waals surface area contributed by atoms with Crippen LogP contribution in [0.25, 0.3) is 0 Å². The Labute approximate surface area is 96.1 Å². The van der Waals surface area contributed by atoms with Crippen molar-refractivity contribution in [1.29, 1.82) is 0 Å². The topological polar surface area (TPSA) is 99.5 Å². The number of aliphatic carboxylic acids is 1. The number of aliphatic hydroxyl groups excluding tert-OH is 1. The standard InChI is InChI=1S/C10H11FN2O4/c11-8-6(2-1-4-12-8)9(15)13-5-3-7(14)10(16)17/h1-2,4,7,14H,3,5H2,(H,13,15)(H,16,17). The summed E-state index contributed by atoms with van der Waals surface area (Å²) >= 11 is 0. The highest BCUT2D eigenvalue weighted by atomic mass is 19.1. The van der Waals surface area contributed by atoms with Crippen LogP contribution in [0.3, 0.4) is 0 Å². The molecule has 7 heteroatoms. The van der Waals surface area contributed by atoms with Crippen molar-refractivity contribution >= 4 is 11.9 Å². The lowest BCUT2D eigenvalue weighted by Gasteiger charge is -2.07. The normalized spacial score (nSPS) is 11.9. The van der Waals surface area contributed by atoms with E-state index in [9.17, 15) is 14.0 Å². The number of amides is 1. The number of hydrogen-bond acceptors (Lipinski definition) is 4. The number of aliphatic hydroxyl groups is 1. The second-order valence-electron chi connectivity index (χ2n) is 3.24. The van der Waals surface area contributed by atoms with Crippen molar-refractivity contribution in [3.05, 3.63) is 29.8 Å². The van der Waals surface area contributed by atoms with E-state index in [1.807, 2.05) is 0 Å². The molecular formula is C10H11FN2O4. The van der Waals surface area contributed by atoms with Gasteiger partial charge in [-0.3, -0.25) is 4.79 Å². The molecule has 0 aliphatic carbocycles. The molecule has 0 aliphatic heterocycles. The molecule has 3 N–H and O–H groups in total. The van der Waals surface area contributed by atoms with Crippen LogP contribution in [0.15, 0.2) is 18.3 Å². The molecule has 0 radical (unpaired) electrons. The summed E-state index contributed by atoms with van der Waals surface area (Å²) in [5.74, 6) is -2.97. The summed E-state index contributed by atoms with van der Waals surface area (Å²) in [7, 11) is 0. The minimum absolute atomic E-state index is 0.0688. The molecule has 1 heterocycles. The molecule has 1 aromatic rings. The molecule has 1 unspecified atom stereocenters. The van der Waals surface area contributed by atoms with Gasteiger partial charge in [0, 0.05) is 19.2 Å². The minimum atomic E-state index is -1.55. The summed E-state index contributed by atoms with van der Waals surface area (Å²) in [6.45, 7) is -0.0688. The third-order valence-electron chi connectivity index (χ3n) is 1.99. The van der Waals surface area contributed by atoms with E-state index in [4.69, 9.17) is 10.2 Å². The van der Waals surface area contributed by atoms with Crippen molar-refractivity contribution in [3.63, 3.8) is 0 Å². The maximum atomic E-state index is 13.0. The van der Waals surface area contributed by atoms with E-state index in [0.717, 1.165) is 0 Å². The second-order valence-corrected chi connectivity index (χ2v) is 3.24. The predicted molar refractivity (Wildman–Crippen MR) is 54.8 cm³/mol. The van der Waals surface area contributed by atoms with E-state index in [0.29, 0.717) is 0 Å². The van der Waals surface area contributed by atoms with Crippen molar-refractivity contribution in [1.82, 2.24) is 10.3 Å². The predicted octanol–water partition coefficient (Wildman–Crippen LogP) is -0.214. The molecule has 0 bridgehead atoms. The maximum Gasteiger partial charge on any atom is 0.332 e. The van der Waals surface area contributed by atoms with Gasteiger partial charge >= 0.3 is 5.97 Å². The summed E-state index contributed by atoms with van der Waals surface area (Å²) in [5, 5.41) is 19.6. The van der Waals surface area contributed by atoms with Crippen LogP contribution >= 0.6 is 0 Å². The van der Waals surface area contributed by atoms with Crippen LogP contribution in [0.1, 0.15) is 16.8 Å². The van der Waals surface area contributed by atoms with Gasteiger partial charge < -0.3 is 15.5 Å². The number of aromatic nitrogens is 1. The van der Waals surface area contributed by atoms with Crippen LogP contribution < -0.4 is 5.32 Å². The molecule has 0 saturated heterocycles. The van der Waals surface area contributed by atoms with Gasteiger partial charge in [-0.25, -0.2) is 9.78 Å². The number of hydrogen-bond donors (Lipinski definition) is 3. The van der Waals surface area contributed by atoms with E-state index < -0.39 is 23.9 Å². The Bertz CT molecular complexity index is 425. The number of nitrogens with zero attached hydrogens (tertiary/aromatic N) is 1. The van der Waals surface area contributed by atoms with Crippen molar-refractivity contribution < 1.29 is 24.2 Å². The van der Waals surface area contributed by atoms with E-state index in [-0.39, 0.29) is 18.5 Å². The van der Waals surface area contributed by atoms with Gasteiger partial charge in [-0.05, 0) is 12.1 Å². The van der Waals surface area contributed by atoms with Crippen molar-refractivity contribution in [3.8, 4) is 0 Å². The molecular weight excluding hydrogens is 231 g/mol. The number of carboxylic acid groups (broad SMARTS) is 1. The first-order valence-electron chi connectivity index (χ1n) is 4.82. The van der Waals surface area contributed by atoms with Gasteiger partial charge in [-0.2, -0.15) is 4.39 Å². The monoisotopic (exact) mass is 242 g/mol. The van der Waals surface area contributed by atoms with Crippen LogP contribution in [-0.4, -0.2) is 39.7 Å². The molecule has 0 fully saturated rings. The molecule has 0 aliphatic rings. The number of halogens is 1. The highest BCUT2D eigenvalue weighted by molar-refractivity contribution is 5.94. The third kappa shape index (κ3) is 3.80. The fourth-order valence-electron chi connectivity index (χ4n) is 1.10. The lowest BCUT2D eigenvalue weighted by Crippen LogP contribution is -2.30. The van der Waals surface area contributed by atoms with Gasteiger partial charge in [0.1, 0.15) is 0 Å². The van der Waals surface area contributed by atoms with Crippen molar-refractivity contribution in [2.45, 2.75) is 12.5 Å². The Morgan fingerprint density at radius 3 is 2.82 bits per heavy atom. The molecule has 17 heavy (non-hydrogen) atoms. The van der Waals surface area contributed by atoms with Crippen LogP contribution in [-0.2, 0) is 4.79 Å². The minimum Gasteiger partial charge on any atom is -0.479 e. The average Bonchev–Trinajstić information content (AvgIpc) is 2.29. The zero-order valence-corrected chi connectivity index (χ0v) is 8.76. The molecule has 6 nitrogen and oxygen atoms in total. The summed E-state index contributed by atoms with van der Waals surface area (Å²) in [6, 6.07) is 2.66. The first kappa shape index (κ1) is 13.0. The van der Waals surface area contributed by atoms with E-state index in [2.05, 4.69) is 10.3 Å². The number of carbonyl (C=O) groups excluding carboxylic acids is 1. The molecule has 0 spiro atoms. The van der Waals surface area contributed by atoms with E-state index in [1.165, 1.54) is 18.3 Å². The van der Waals surface area contributed by atoms with Crippen molar-refractivity contribution in [2.24, 2.45) is 0 Å². The van der Waals surface area contributed by atoms with Gasteiger partial charge in [-0.1, -0.05) is 0 Å². The highest BCUT2D eigenvalue weighted by Crippen LogP contribution is 2.02. The number of carbonyl (C=O) groups is 2. The largest absolute Gasteiger partial charge is 0.479 e. The molecule has 1 rings (SSSR count). The lowest BCUT2D eigenvalue weighted by molar-refractivity contribution is -0.146. The lowest BCUT2D eigenvalue weighted by atomic mass is 10.2. The molecule has 0 aromatic carbocycles. The second kappa shape index (κ2) is 5.90. The van der Waals surface area contributed by atoms with E-state index in [1.54, 1.807) is 0 Å². The number of carboxylic acids is 1. The van der Waals surface area contributed by atoms with Crippen LogP contribution in [0, 0.1) is 5.95 Å². The summed E-state index contributed by atoms with van der Waals surface area (Å²) < 4.78 is 13.0. The SMILES string of the molecule is O=C(NCCC(O)C(=O)O)c1cccnc1F. The molecule has 1 amide bonds. The fraction of sp³-hybridized carbons (Fsp3) is 0.300. The Morgan fingerprint density at radius 2 is 2.24 bits per heavy atom. The maximum absolute atomic E-state index is 13.0. The van der Waals surface area contributed by atoms with Crippen LogP contribution in [0.5, 0.6) is 0 Å². The Balaban J connectivity index is 2.46. The van der Waals surface area contributed by atoms with Crippen LogP contribution in [0.4, 0.5) is 4.39 Å². The van der Waals surface area contributed by atoms with Gasteiger partial charge in [0.2, 0.25) is 5.95 Å². The zero-order valence-electron chi connectivity index (χ0n) is 8.76. The van der Waals surface area contributed by atoms with Gasteiger partial charge in [-0.15, -0.1) is 0 Å². The average molecular weight is 242 g/mol. The highest BCUT2D eigenvalue weighted by Gasteiger charge is 2.15. The number of pyridine rings is 1. The van der Waals surface area contributed by atoms with Gasteiger partial charge in [0.15, 0.2) is 6.10 Å². The fourth-order valence-corrected chi connectivity index (χ4v) is 1.10. The first-order valence-corrected chi connectivity index (χ1v) is 4.82. The van der Waals surface area contributed by atoms with Gasteiger partial charge in [0.25, 0.3) is 5.91 Å². The number of nitrogens with one attached hydrogen (secondary N) is 1. The Kier molecular flexibility index (Phi) is 4.53. The van der Waals surface area contributed by atoms with E-state index >= 15 is 0 Å². The summed E-state index contributed by atoms with van der Waals surface area (Å²) in [5.41, 5.74) is -0.225. The van der Waals surface area contributed by atoms with Crippen LogP contribution in [0.2, 0.25) is 0 Å². The zero-order chi connectivity index (χ0) is 12.8. The Hall–Kier alpha value is -2.02. The number of rotatable bonds is 5. The summed E-state index contributed by atoms with van der Waals surface area (Å²) in [4.78, 5) is 25.0. The molecule has 1 atom stereocenters. The molecule has 92 valence electrons.